The molecule has 4 N–H and O–H groups in total. The van der Waals surface area contributed by atoms with E-state index >= 15 is 0 Å². The molecule has 0 spiro atoms. The monoisotopic (exact) mass is 374 g/mol. The molecule has 0 saturated heterocycles. The highest BCUT2D eigenvalue weighted by atomic mass is 16.6. The van der Waals surface area contributed by atoms with E-state index in [1.807, 2.05) is 0 Å². The number of amides is 2. The Morgan fingerprint density at radius 2 is 1.89 bits per heavy atom. The number of nitrogens with one attached hydrogen (secondary N) is 2. The van der Waals surface area contributed by atoms with Gasteiger partial charge in [-0.1, -0.05) is 0 Å². The molecule has 1 aliphatic rings. The van der Waals surface area contributed by atoms with E-state index in [1.165, 1.54) is 12.1 Å². The zero-order chi connectivity index (χ0) is 19.8. The molecule has 144 valence electrons. The third-order valence-electron chi connectivity index (χ3n) is 3.98. The van der Waals surface area contributed by atoms with E-state index in [-0.39, 0.29) is 23.6 Å². The number of aromatic amines is 1. The van der Waals surface area contributed by atoms with Crippen molar-refractivity contribution in [2.45, 2.75) is 39.3 Å². The summed E-state index contributed by atoms with van der Waals surface area (Å²) in [5, 5.41) is 28.7. The first-order chi connectivity index (χ1) is 12.6. The Morgan fingerprint density at radius 3 is 2.52 bits per heavy atom. The van der Waals surface area contributed by atoms with Crippen LogP contribution in [0.15, 0.2) is 18.2 Å². The highest BCUT2D eigenvalue weighted by molar-refractivity contribution is 6.04. The Bertz CT molecular complexity index is 864. The van der Waals surface area contributed by atoms with E-state index in [2.05, 4.69) is 15.5 Å². The molecule has 1 aromatic carbocycles. The number of nitrogens with zero attached hydrogens (tertiary/aromatic N) is 2. The van der Waals surface area contributed by atoms with Crippen LogP contribution in [0.5, 0.6) is 11.5 Å². The minimum atomic E-state index is -0.595. The van der Waals surface area contributed by atoms with Crippen LogP contribution in [0.4, 0.5) is 10.6 Å². The third-order valence-corrected chi connectivity index (χ3v) is 3.98. The SMILES string of the molecule is CC(C)(C)OC(=O)N1CCc2[nH]nc(NC(=O)c3cc(O)cc(O)c3)c2C1. The van der Waals surface area contributed by atoms with Gasteiger partial charge in [-0.05, 0) is 32.9 Å². The number of fused-ring (bicyclic) bond motifs is 1. The van der Waals surface area contributed by atoms with Gasteiger partial charge in [0.25, 0.3) is 5.91 Å². The van der Waals surface area contributed by atoms with Crippen LogP contribution < -0.4 is 5.32 Å². The van der Waals surface area contributed by atoms with Crippen LogP contribution in [0.2, 0.25) is 0 Å². The predicted octanol–water partition coefficient (Wildman–Crippen LogP) is 2.37. The number of anilines is 1. The minimum absolute atomic E-state index is 0.0871. The summed E-state index contributed by atoms with van der Waals surface area (Å²) in [6.45, 7) is 6.14. The van der Waals surface area contributed by atoms with Crippen molar-refractivity contribution < 1.29 is 24.5 Å². The van der Waals surface area contributed by atoms with E-state index in [1.54, 1.807) is 25.7 Å². The zero-order valence-electron chi connectivity index (χ0n) is 15.4. The lowest BCUT2D eigenvalue weighted by molar-refractivity contribution is 0.0224. The number of aromatic hydroxyl groups is 2. The predicted molar refractivity (Wildman–Crippen MR) is 96.7 cm³/mol. The lowest BCUT2D eigenvalue weighted by Gasteiger charge is -2.30. The van der Waals surface area contributed by atoms with E-state index in [4.69, 9.17) is 4.74 Å². The van der Waals surface area contributed by atoms with E-state index in [0.717, 1.165) is 11.8 Å². The van der Waals surface area contributed by atoms with Crippen LogP contribution in [-0.2, 0) is 17.7 Å². The minimum Gasteiger partial charge on any atom is -0.508 e. The number of phenolic OH excluding ortho intramolecular Hbond substituents is 2. The number of hydrogen-bond acceptors (Lipinski definition) is 6. The van der Waals surface area contributed by atoms with Gasteiger partial charge in [-0.25, -0.2) is 4.79 Å². The molecule has 0 aliphatic carbocycles. The van der Waals surface area contributed by atoms with Crippen molar-refractivity contribution in [1.29, 1.82) is 0 Å². The van der Waals surface area contributed by atoms with Crippen molar-refractivity contribution in [3.63, 3.8) is 0 Å². The summed E-state index contributed by atoms with van der Waals surface area (Å²) in [5.41, 5.74) is 1.03. The second kappa shape index (κ2) is 6.82. The summed E-state index contributed by atoms with van der Waals surface area (Å²) < 4.78 is 5.40. The third kappa shape index (κ3) is 4.30. The standard InChI is InChI=1S/C18H22N4O5/c1-18(2,3)27-17(26)22-5-4-14-13(9-22)15(21-20-14)19-16(25)10-6-11(23)8-12(24)7-10/h6-8,23-24H,4-5,9H2,1-3H3,(H2,19,20,21,25). The lowest BCUT2D eigenvalue weighted by Crippen LogP contribution is -2.40. The molecule has 2 heterocycles. The average molecular weight is 374 g/mol. The number of phenols is 2. The van der Waals surface area contributed by atoms with Gasteiger partial charge in [0.1, 0.15) is 17.1 Å². The molecule has 1 aliphatic heterocycles. The maximum absolute atomic E-state index is 12.4. The van der Waals surface area contributed by atoms with Gasteiger partial charge < -0.3 is 25.2 Å². The van der Waals surface area contributed by atoms with Gasteiger partial charge in [0, 0.05) is 35.9 Å². The molecule has 2 amide bonds. The molecule has 9 nitrogen and oxygen atoms in total. The van der Waals surface area contributed by atoms with Crippen LogP contribution in [0.25, 0.3) is 0 Å². The van der Waals surface area contributed by atoms with Crippen molar-refractivity contribution in [3.05, 3.63) is 35.0 Å². The number of hydrogen-bond donors (Lipinski definition) is 4. The van der Waals surface area contributed by atoms with Crippen molar-refractivity contribution in [2.24, 2.45) is 0 Å². The molecule has 0 radical (unpaired) electrons. The quantitative estimate of drug-likeness (QED) is 0.639. The molecule has 27 heavy (non-hydrogen) atoms. The lowest BCUT2D eigenvalue weighted by atomic mass is 10.1. The molecular formula is C18H22N4O5. The largest absolute Gasteiger partial charge is 0.508 e. The Labute approximate surface area is 155 Å². The number of aromatic nitrogens is 2. The molecule has 0 fully saturated rings. The fourth-order valence-corrected chi connectivity index (χ4v) is 2.79. The fraction of sp³-hybridized carbons (Fsp3) is 0.389. The summed E-state index contributed by atoms with van der Waals surface area (Å²) in [4.78, 5) is 26.3. The molecule has 9 heteroatoms. The summed E-state index contributed by atoms with van der Waals surface area (Å²) in [7, 11) is 0. The second-order valence-electron chi connectivity index (χ2n) is 7.37. The Kier molecular flexibility index (Phi) is 4.69. The van der Waals surface area contributed by atoms with Gasteiger partial charge >= 0.3 is 6.09 Å². The van der Waals surface area contributed by atoms with Crippen molar-refractivity contribution >= 4 is 17.8 Å². The smallest absolute Gasteiger partial charge is 0.410 e. The summed E-state index contributed by atoms with van der Waals surface area (Å²) in [5.74, 6) is -0.684. The summed E-state index contributed by atoms with van der Waals surface area (Å²) in [6, 6.07) is 3.61. The van der Waals surface area contributed by atoms with Crippen LogP contribution in [-0.4, -0.2) is 49.5 Å². The van der Waals surface area contributed by atoms with Crippen LogP contribution in [0, 0.1) is 0 Å². The molecule has 3 rings (SSSR count). The van der Waals surface area contributed by atoms with Gasteiger partial charge in [-0.15, -0.1) is 0 Å². The first-order valence-corrected chi connectivity index (χ1v) is 8.51. The number of ether oxygens (including phenoxy) is 1. The van der Waals surface area contributed by atoms with Gasteiger partial charge in [-0.2, -0.15) is 5.10 Å². The van der Waals surface area contributed by atoms with Gasteiger partial charge in [0.05, 0.1) is 6.54 Å². The Hall–Kier alpha value is -3.23. The molecular weight excluding hydrogens is 352 g/mol. The van der Waals surface area contributed by atoms with Crippen LogP contribution >= 0.6 is 0 Å². The summed E-state index contributed by atoms with van der Waals surface area (Å²) in [6.07, 6.45) is 0.134. The normalized spacial score (nSPS) is 13.8. The number of H-pyrrole nitrogens is 1. The molecule has 0 saturated carbocycles. The Balaban J connectivity index is 1.76. The summed E-state index contributed by atoms with van der Waals surface area (Å²) >= 11 is 0. The van der Waals surface area contributed by atoms with Gasteiger partial charge in [0.15, 0.2) is 5.82 Å². The van der Waals surface area contributed by atoms with Crippen molar-refractivity contribution in [3.8, 4) is 11.5 Å². The zero-order valence-corrected chi connectivity index (χ0v) is 15.4. The molecule has 0 unspecified atom stereocenters. The number of carbonyl (C=O) groups is 2. The fourth-order valence-electron chi connectivity index (χ4n) is 2.79. The van der Waals surface area contributed by atoms with Gasteiger partial charge in [-0.3, -0.25) is 9.89 Å². The topological polar surface area (TPSA) is 128 Å². The second-order valence-corrected chi connectivity index (χ2v) is 7.37. The first kappa shape index (κ1) is 18.6. The van der Waals surface area contributed by atoms with E-state index < -0.39 is 17.6 Å². The number of benzene rings is 1. The average Bonchev–Trinajstić information content (AvgIpc) is 2.94. The van der Waals surface area contributed by atoms with E-state index in [9.17, 15) is 19.8 Å². The molecule has 0 atom stereocenters. The first-order valence-electron chi connectivity index (χ1n) is 8.51. The van der Waals surface area contributed by atoms with Crippen LogP contribution in [0.3, 0.4) is 0 Å². The van der Waals surface area contributed by atoms with Crippen molar-refractivity contribution in [1.82, 2.24) is 15.1 Å². The molecule has 2 aromatic rings. The molecule has 1 aromatic heterocycles. The highest BCUT2D eigenvalue weighted by Crippen LogP contribution is 2.26. The van der Waals surface area contributed by atoms with E-state index in [0.29, 0.717) is 24.3 Å². The maximum Gasteiger partial charge on any atom is 0.410 e. The number of rotatable bonds is 2. The van der Waals surface area contributed by atoms with Crippen molar-refractivity contribution in [2.75, 3.05) is 11.9 Å². The number of carbonyl (C=O) groups excluding carboxylic acids is 2. The van der Waals surface area contributed by atoms with Gasteiger partial charge in [0.2, 0.25) is 0 Å². The molecule has 0 bridgehead atoms. The highest BCUT2D eigenvalue weighted by Gasteiger charge is 2.29. The van der Waals surface area contributed by atoms with Crippen LogP contribution in [0.1, 0.15) is 42.4 Å². The maximum atomic E-state index is 12.4. The Morgan fingerprint density at radius 1 is 1.22 bits per heavy atom.